The average Bonchev–Trinajstić information content (AvgIpc) is 3.27. The van der Waals surface area contributed by atoms with Crippen LogP contribution in [0.15, 0.2) is 59.1 Å². The highest BCUT2D eigenvalue weighted by molar-refractivity contribution is 9.10. The van der Waals surface area contributed by atoms with E-state index in [9.17, 15) is 23.1 Å². The number of nitrogens with zero attached hydrogens (tertiary/aromatic N) is 1. The number of aromatic carboxylic acids is 1. The van der Waals surface area contributed by atoms with Crippen LogP contribution in [0.1, 0.15) is 41.9 Å². The van der Waals surface area contributed by atoms with Gasteiger partial charge in [0.1, 0.15) is 0 Å². The maximum Gasteiger partial charge on any atom is 0.349 e. The number of halogens is 1. The molecule has 41 heavy (non-hydrogen) atoms. The molecule has 0 bridgehead atoms. The number of esters is 1. The minimum atomic E-state index is -3.39. The van der Waals surface area contributed by atoms with Gasteiger partial charge in [0.25, 0.3) is 0 Å². The van der Waals surface area contributed by atoms with Crippen LogP contribution in [0.4, 0.5) is 5.69 Å². The first kappa shape index (κ1) is 31.0. The molecule has 12 heteroatoms. The minimum absolute atomic E-state index is 0.00711. The van der Waals surface area contributed by atoms with Crippen LogP contribution in [0.2, 0.25) is 0 Å². The van der Waals surface area contributed by atoms with Crippen molar-refractivity contribution in [3.8, 4) is 16.2 Å². The second kappa shape index (κ2) is 13.8. The molecule has 0 aliphatic carbocycles. The maximum atomic E-state index is 12.9. The fourth-order valence-corrected chi connectivity index (χ4v) is 7.88. The highest BCUT2D eigenvalue weighted by Gasteiger charge is 2.29. The van der Waals surface area contributed by atoms with Crippen molar-refractivity contribution < 1.29 is 32.6 Å². The van der Waals surface area contributed by atoms with Gasteiger partial charge in [-0.1, -0.05) is 56.3 Å². The number of anilines is 1. The van der Waals surface area contributed by atoms with E-state index in [2.05, 4.69) is 21.2 Å². The topological polar surface area (TPSA) is 122 Å². The number of carbonyl (C=O) groups excluding carboxylic acids is 1. The molecule has 1 aromatic heterocycles. The average molecular weight is 666 g/mol. The number of sulfonamides is 1. The molecular formula is C29H33BrN2O7S2. The van der Waals surface area contributed by atoms with Crippen molar-refractivity contribution in [1.29, 1.82) is 0 Å². The van der Waals surface area contributed by atoms with Crippen molar-refractivity contribution in [2.75, 3.05) is 31.6 Å². The Kier molecular flexibility index (Phi) is 10.5. The molecule has 2 N–H and O–H groups in total. The van der Waals surface area contributed by atoms with Crippen LogP contribution >= 0.6 is 27.3 Å². The largest absolute Gasteiger partial charge is 0.479 e. The molecule has 0 atom stereocenters. The number of carbonyl (C=O) groups is 2. The van der Waals surface area contributed by atoms with Crippen molar-refractivity contribution in [2.45, 2.75) is 38.5 Å². The van der Waals surface area contributed by atoms with Crippen molar-refractivity contribution in [2.24, 2.45) is 5.92 Å². The summed E-state index contributed by atoms with van der Waals surface area (Å²) in [7, 11) is -3.39. The molecule has 9 nitrogen and oxygen atoms in total. The first-order chi connectivity index (χ1) is 19.5. The van der Waals surface area contributed by atoms with Gasteiger partial charge in [-0.3, -0.25) is 0 Å². The molecule has 220 valence electrons. The van der Waals surface area contributed by atoms with Crippen LogP contribution in [-0.4, -0.2) is 62.1 Å². The summed E-state index contributed by atoms with van der Waals surface area (Å²) in [5, 5.41) is 13.3. The first-order valence-corrected chi connectivity index (χ1v) is 16.5. The minimum Gasteiger partial charge on any atom is -0.479 e. The second-order valence-corrected chi connectivity index (χ2v) is 14.0. The number of hydrogen-bond acceptors (Lipinski definition) is 8. The number of nitrogens with one attached hydrogen (secondary N) is 1. The lowest BCUT2D eigenvalue weighted by Gasteiger charge is -2.32. The molecule has 2 aromatic carbocycles. The number of ether oxygens (including phenoxy) is 2. The number of rotatable bonds is 12. The van der Waals surface area contributed by atoms with E-state index >= 15 is 0 Å². The van der Waals surface area contributed by atoms with E-state index in [1.165, 1.54) is 0 Å². The molecule has 0 unspecified atom stereocenters. The quantitative estimate of drug-likeness (QED) is 0.231. The number of piperidine rings is 1. The van der Waals surface area contributed by atoms with Gasteiger partial charge >= 0.3 is 11.9 Å². The van der Waals surface area contributed by atoms with E-state index in [4.69, 9.17) is 9.47 Å². The maximum absolute atomic E-state index is 12.9. The summed E-state index contributed by atoms with van der Waals surface area (Å²) in [6, 6.07) is 16.8. The predicted octanol–water partition coefficient (Wildman–Crippen LogP) is 5.86. The molecule has 0 amide bonds. The van der Waals surface area contributed by atoms with Gasteiger partial charge in [0.05, 0.1) is 21.7 Å². The highest BCUT2D eigenvalue weighted by Crippen LogP contribution is 2.46. The van der Waals surface area contributed by atoms with Gasteiger partial charge in [0.15, 0.2) is 17.2 Å². The summed E-state index contributed by atoms with van der Waals surface area (Å²) in [4.78, 5) is 24.6. The standard InChI is InChI=1S/C29H33BrN2O7S2/c1-19(2)16-38-24(33)17-39-26-25(30)27(40-28(26)29(34)35)21-9-6-10-23(15-21)31-22-11-13-32(14-12-22)41(36,37)18-20-7-4-3-5-8-20/h3-10,15,19,22,31H,11-14,16-18H2,1-2H3,(H,34,35). The monoisotopic (exact) mass is 664 g/mol. The van der Waals surface area contributed by atoms with E-state index in [1.807, 2.05) is 68.4 Å². The van der Waals surface area contributed by atoms with Gasteiger partial charge in [-0.25, -0.2) is 22.3 Å². The normalized spacial score (nSPS) is 14.6. The molecule has 1 saturated heterocycles. The number of hydrogen-bond donors (Lipinski definition) is 2. The summed E-state index contributed by atoms with van der Waals surface area (Å²) < 4.78 is 38.5. The predicted molar refractivity (Wildman–Crippen MR) is 163 cm³/mol. The smallest absolute Gasteiger partial charge is 0.349 e. The SMILES string of the molecule is CC(C)COC(=O)COc1c(C(=O)O)sc(-c2cccc(NC3CCN(S(=O)(=O)Cc4ccccc4)CC3)c2)c1Br. The Balaban J connectivity index is 1.41. The number of thiophene rings is 1. The first-order valence-electron chi connectivity index (χ1n) is 13.3. The van der Waals surface area contributed by atoms with Crippen molar-refractivity contribution in [3.63, 3.8) is 0 Å². The Morgan fingerprint density at radius 2 is 1.83 bits per heavy atom. The van der Waals surface area contributed by atoms with Crippen molar-refractivity contribution >= 4 is 54.9 Å². The van der Waals surface area contributed by atoms with Gasteiger partial charge < -0.3 is 19.9 Å². The second-order valence-electron chi connectivity index (χ2n) is 10.2. The lowest BCUT2D eigenvalue weighted by atomic mass is 10.1. The van der Waals surface area contributed by atoms with E-state index in [0.29, 0.717) is 35.3 Å². The molecule has 0 spiro atoms. The van der Waals surface area contributed by atoms with Crippen LogP contribution in [0.25, 0.3) is 10.4 Å². The van der Waals surface area contributed by atoms with Gasteiger partial charge in [0.2, 0.25) is 10.0 Å². The lowest BCUT2D eigenvalue weighted by molar-refractivity contribution is -0.147. The fraction of sp³-hybridized carbons (Fsp3) is 0.379. The van der Waals surface area contributed by atoms with E-state index in [0.717, 1.165) is 28.2 Å². The number of carboxylic acid groups (broad SMARTS) is 1. The molecule has 4 rings (SSSR count). The third-order valence-electron chi connectivity index (χ3n) is 6.45. The Labute approximate surface area is 252 Å². The third-order valence-corrected chi connectivity index (χ3v) is 10.5. The number of benzene rings is 2. The zero-order valence-electron chi connectivity index (χ0n) is 22.8. The summed E-state index contributed by atoms with van der Waals surface area (Å²) in [6.45, 7) is 4.57. The molecule has 2 heterocycles. The fourth-order valence-electron chi connectivity index (χ4n) is 4.42. The van der Waals surface area contributed by atoms with Gasteiger partial charge in [-0.05, 0) is 57.9 Å². The molecule has 0 saturated carbocycles. The number of carboxylic acids is 1. The Morgan fingerprint density at radius 3 is 2.49 bits per heavy atom. The van der Waals surface area contributed by atoms with Gasteiger partial charge in [-0.2, -0.15) is 0 Å². The van der Waals surface area contributed by atoms with E-state index < -0.39 is 28.6 Å². The zero-order valence-corrected chi connectivity index (χ0v) is 26.1. The lowest BCUT2D eigenvalue weighted by Crippen LogP contribution is -2.42. The highest BCUT2D eigenvalue weighted by atomic mass is 79.9. The van der Waals surface area contributed by atoms with Crippen LogP contribution in [-0.2, 0) is 25.3 Å². The van der Waals surface area contributed by atoms with Gasteiger partial charge in [0, 0.05) is 24.8 Å². The van der Waals surface area contributed by atoms with Crippen LogP contribution < -0.4 is 10.1 Å². The molecule has 0 radical (unpaired) electrons. The Bertz CT molecular complexity index is 1470. The van der Waals surface area contributed by atoms with Crippen LogP contribution in [0.5, 0.6) is 5.75 Å². The summed E-state index contributed by atoms with van der Waals surface area (Å²) >= 11 is 4.53. The zero-order chi connectivity index (χ0) is 29.6. The Hall–Kier alpha value is -2.93. The molecule has 1 fully saturated rings. The third kappa shape index (κ3) is 8.31. The van der Waals surface area contributed by atoms with Crippen molar-refractivity contribution in [3.05, 3.63) is 69.5 Å². The Morgan fingerprint density at radius 1 is 1.12 bits per heavy atom. The van der Waals surface area contributed by atoms with Crippen LogP contribution in [0, 0.1) is 5.92 Å². The van der Waals surface area contributed by atoms with Crippen molar-refractivity contribution in [1.82, 2.24) is 4.31 Å². The summed E-state index contributed by atoms with van der Waals surface area (Å²) in [5.41, 5.74) is 2.38. The van der Waals surface area contributed by atoms with Gasteiger partial charge in [-0.15, -0.1) is 11.3 Å². The molecular weight excluding hydrogens is 632 g/mol. The molecule has 1 aliphatic heterocycles. The molecule has 1 aliphatic rings. The summed E-state index contributed by atoms with van der Waals surface area (Å²) in [5.74, 6) is -1.47. The van der Waals surface area contributed by atoms with E-state index in [-0.39, 0.29) is 34.9 Å². The van der Waals surface area contributed by atoms with E-state index in [1.54, 1.807) is 4.31 Å². The summed E-state index contributed by atoms with van der Waals surface area (Å²) in [6.07, 6.45) is 1.32. The molecule has 3 aromatic rings. The van der Waals surface area contributed by atoms with Crippen LogP contribution in [0.3, 0.4) is 0 Å².